The van der Waals surface area contributed by atoms with E-state index in [2.05, 4.69) is 6.07 Å². The zero-order valence-electron chi connectivity index (χ0n) is 22.5. The predicted octanol–water partition coefficient (Wildman–Crippen LogP) is 5.72. The first-order chi connectivity index (χ1) is 18.8. The number of benzene rings is 3. The van der Waals surface area contributed by atoms with Gasteiger partial charge in [-0.3, -0.25) is 14.5 Å². The van der Waals surface area contributed by atoms with E-state index in [1.165, 1.54) is 19.1 Å². The average molecular weight is 527 g/mol. The number of amides is 1. The number of hydrogen-bond acceptors (Lipinski definition) is 7. The normalized spacial score (nSPS) is 16.3. The maximum Gasteiger partial charge on any atom is 0.300 e. The molecule has 8 heteroatoms. The van der Waals surface area contributed by atoms with Gasteiger partial charge in [-0.15, -0.1) is 0 Å². The highest BCUT2D eigenvalue weighted by molar-refractivity contribution is 6.51. The summed E-state index contributed by atoms with van der Waals surface area (Å²) in [6, 6.07) is 17.7. The third-order valence-corrected chi connectivity index (χ3v) is 6.65. The fraction of sp³-hybridized carbons (Fsp3) is 0.258. The van der Waals surface area contributed by atoms with Gasteiger partial charge in [0.25, 0.3) is 11.7 Å². The van der Waals surface area contributed by atoms with Gasteiger partial charge >= 0.3 is 0 Å². The van der Waals surface area contributed by atoms with Crippen LogP contribution in [0.4, 0.5) is 5.69 Å². The molecule has 1 atom stereocenters. The number of para-hydroxylation sites is 1. The van der Waals surface area contributed by atoms with Crippen molar-refractivity contribution in [2.45, 2.75) is 32.7 Å². The standard InChI is InChI=1S/C31H30N2O6/c1-6-39-24-15-12-20(16-23(24)18(2)3)28(34)26-27(22-8-7-9-25(37-4)30(22)38-5)33(31(36)29(26)35)21-13-10-19(17-32)11-14-21/h7-16,18,27,34H,6H2,1-5H3/b28-26-. The molecule has 1 aliphatic rings. The maximum atomic E-state index is 13.6. The first-order valence-electron chi connectivity index (χ1n) is 12.6. The van der Waals surface area contributed by atoms with Gasteiger partial charge in [0.2, 0.25) is 0 Å². The highest BCUT2D eigenvalue weighted by Crippen LogP contribution is 2.47. The van der Waals surface area contributed by atoms with Crippen LogP contribution in [0.5, 0.6) is 17.2 Å². The zero-order chi connectivity index (χ0) is 28.3. The summed E-state index contributed by atoms with van der Waals surface area (Å²) in [7, 11) is 2.96. The molecule has 3 aromatic carbocycles. The molecule has 1 N–H and O–H groups in total. The second-order valence-electron chi connectivity index (χ2n) is 9.25. The van der Waals surface area contributed by atoms with E-state index < -0.39 is 17.7 Å². The molecule has 1 heterocycles. The van der Waals surface area contributed by atoms with Gasteiger partial charge in [0.15, 0.2) is 11.5 Å². The fourth-order valence-corrected chi connectivity index (χ4v) is 4.81. The summed E-state index contributed by atoms with van der Waals surface area (Å²) in [5, 5.41) is 20.9. The van der Waals surface area contributed by atoms with Crippen LogP contribution in [0.1, 0.15) is 55.0 Å². The van der Waals surface area contributed by atoms with Crippen molar-refractivity contribution >= 4 is 23.1 Å². The highest BCUT2D eigenvalue weighted by atomic mass is 16.5. The van der Waals surface area contributed by atoms with Gasteiger partial charge in [-0.2, -0.15) is 5.26 Å². The van der Waals surface area contributed by atoms with Gasteiger partial charge in [0.05, 0.1) is 44.1 Å². The van der Waals surface area contributed by atoms with Gasteiger partial charge in [-0.05, 0) is 66.9 Å². The fourth-order valence-electron chi connectivity index (χ4n) is 4.81. The number of nitrogens with zero attached hydrogens (tertiary/aromatic N) is 2. The minimum Gasteiger partial charge on any atom is -0.507 e. The van der Waals surface area contributed by atoms with Crippen LogP contribution in [0.3, 0.4) is 0 Å². The molecule has 0 spiro atoms. The average Bonchev–Trinajstić information content (AvgIpc) is 3.22. The molecule has 0 aliphatic carbocycles. The summed E-state index contributed by atoms with van der Waals surface area (Å²) in [5.74, 6) is -0.473. The van der Waals surface area contributed by atoms with E-state index in [9.17, 15) is 20.0 Å². The molecule has 1 amide bonds. The van der Waals surface area contributed by atoms with E-state index in [1.54, 1.807) is 60.7 Å². The molecule has 0 aromatic heterocycles. The maximum absolute atomic E-state index is 13.6. The Bertz CT molecular complexity index is 1480. The minimum atomic E-state index is -1.03. The summed E-state index contributed by atoms with van der Waals surface area (Å²) >= 11 is 0. The summed E-state index contributed by atoms with van der Waals surface area (Å²) in [5.41, 5.74) is 2.40. The number of ketones is 1. The Kier molecular flexibility index (Phi) is 7.91. The summed E-state index contributed by atoms with van der Waals surface area (Å²) in [6.45, 7) is 6.39. The van der Waals surface area contributed by atoms with Gasteiger partial charge in [-0.25, -0.2) is 0 Å². The lowest BCUT2D eigenvalue weighted by molar-refractivity contribution is -0.132. The van der Waals surface area contributed by atoms with Crippen LogP contribution in [-0.2, 0) is 9.59 Å². The number of hydrogen-bond donors (Lipinski definition) is 1. The van der Waals surface area contributed by atoms with Crippen LogP contribution in [-0.4, -0.2) is 37.6 Å². The van der Waals surface area contributed by atoms with E-state index in [4.69, 9.17) is 14.2 Å². The Labute approximate surface area is 227 Å². The molecular formula is C31H30N2O6. The number of aliphatic hydroxyl groups excluding tert-OH is 1. The van der Waals surface area contributed by atoms with Crippen molar-refractivity contribution in [3.63, 3.8) is 0 Å². The Morgan fingerprint density at radius 1 is 1.03 bits per heavy atom. The smallest absolute Gasteiger partial charge is 0.300 e. The molecule has 8 nitrogen and oxygen atoms in total. The zero-order valence-corrected chi connectivity index (χ0v) is 22.5. The molecule has 200 valence electrons. The summed E-state index contributed by atoms with van der Waals surface area (Å²) in [6.07, 6.45) is 0. The van der Waals surface area contributed by atoms with Crippen LogP contribution in [0.25, 0.3) is 5.76 Å². The lowest BCUT2D eigenvalue weighted by atomic mass is 9.92. The topological polar surface area (TPSA) is 109 Å². The van der Waals surface area contributed by atoms with Gasteiger partial charge in [0.1, 0.15) is 11.5 Å². The molecule has 0 radical (unpaired) electrons. The SMILES string of the molecule is CCOc1ccc(/C(O)=C2/C(=O)C(=O)N(c3ccc(C#N)cc3)C2c2cccc(OC)c2OC)cc1C(C)C. The van der Waals surface area contributed by atoms with Crippen molar-refractivity contribution in [2.75, 3.05) is 25.7 Å². The predicted molar refractivity (Wildman–Crippen MR) is 147 cm³/mol. The number of rotatable bonds is 8. The van der Waals surface area contributed by atoms with Crippen molar-refractivity contribution in [3.05, 3.63) is 88.5 Å². The third kappa shape index (κ3) is 4.91. The molecule has 1 unspecified atom stereocenters. The minimum absolute atomic E-state index is 0.0784. The number of carbonyl (C=O) groups is 2. The molecule has 4 rings (SSSR count). The summed E-state index contributed by atoms with van der Waals surface area (Å²) in [4.78, 5) is 28.4. The van der Waals surface area contributed by atoms with Crippen LogP contribution in [0.2, 0.25) is 0 Å². The molecule has 1 saturated heterocycles. The lowest BCUT2D eigenvalue weighted by Gasteiger charge is -2.27. The molecule has 1 fully saturated rings. The number of nitriles is 1. The molecule has 1 aliphatic heterocycles. The van der Waals surface area contributed by atoms with E-state index in [-0.39, 0.29) is 17.3 Å². The van der Waals surface area contributed by atoms with Crippen LogP contribution < -0.4 is 19.1 Å². The molecular weight excluding hydrogens is 496 g/mol. The number of aliphatic hydroxyl groups is 1. The lowest BCUT2D eigenvalue weighted by Crippen LogP contribution is -2.29. The van der Waals surface area contributed by atoms with E-state index in [1.807, 2.05) is 20.8 Å². The number of methoxy groups -OCH3 is 2. The highest BCUT2D eigenvalue weighted by Gasteiger charge is 2.48. The van der Waals surface area contributed by atoms with E-state index in [0.717, 1.165) is 5.56 Å². The number of anilines is 1. The van der Waals surface area contributed by atoms with E-state index in [0.29, 0.717) is 46.2 Å². The van der Waals surface area contributed by atoms with Crippen molar-refractivity contribution in [3.8, 4) is 23.3 Å². The quantitative estimate of drug-likeness (QED) is 0.227. The van der Waals surface area contributed by atoms with Gasteiger partial charge in [-0.1, -0.05) is 26.0 Å². The Morgan fingerprint density at radius 3 is 2.33 bits per heavy atom. The second kappa shape index (κ2) is 11.3. The molecule has 39 heavy (non-hydrogen) atoms. The Hall–Kier alpha value is -4.77. The van der Waals surface area contributed by atoms with Crippen LogP contribution in [0.15, 0.2) is 66.2 Å². The number of Topliss-reactive ketones (excluding diaryl/α,β-unsaturated/α-hetero) is 1. The van der Waals surface area contributed by atoms with Crippen LogP contribution >= 0.6 is 0 Å². The Balaban J connectivity index is 2.00. The second-order valence-corrected chi connectivity index (χ2v) is 9.25. The monoisotopic (exact) mass is 526 g/mol. The molecule has 0 bridgehead atoms. The first-order valence-corrected chi connectivity index (χ1v) is 12.6. The van der Waals surface area contributed by atoms with Crippen LogP contribution in [0, 0.1) is 11.3 Å². The van der Waals surface area contributed by atoms with Crippen molar-refractivity contribution in [1.29, 1.82) is 5.26 Å². The molecule has 0 saturated carbocycles. The number of carbonyl (C=O) groups excluding carboxylic acids is 2. The number of ether oxygens (including phenoxy) is 3. The largest absolute Gasteiger partial charge is 0.507 e. The summed E-state index contributed by atoms with van der Waals surface area (Å²) < 4.78 is 16.9. The first kappa shape index (κ1) is 27.3. The van der Waals surface area contributed by atoms with Crippen molar-refractivity contribution < 1.29 is 28.9 Å². The third-order valence-electron chi connectivity index (χ3n) is 6.65. The Morgan fingerprint density at radius 2 is 1.74 bits per heavy atom. The van der Waals surface area contributed by atoms with Crippen molar-refractivity contribution in [2.24, 2.45) is 0 Å². The van der Waals surface area contributed by atoms with Gasteiger partial charge in [0, 0.05) is 16.8 Å². The van der Waals surface area contributed by atoms with E-state index >= 15 is 0 Å². The van der Waals surface area contributed by atoms with Gasteiger partial charge < -0.3 is 19.3 Å². The molecule has 3 aromatic rings. The van der Waals surface area contributed by atoms with Crippen molar-refractivity contribution in [1.82, 2.24) is 0 Å².